The van der Waals surface area contributed by atoms with Gasteiger partial charge >= 0.3 is 0 Å². The van der Waals surface area contributed by atoms with E-state index in [0.717, 1.165) is 21.8 Å². The van der Waals surface area contributed by atoms with E-state index in [1.54, 1.807) is 0 Å². The minimum Gasteiger partial charge on any atom is -0.361 e. The Kier molecular flexibility index (Phi) is 6.39. The highest BCUT2D eigenvalue weighted by molar-refractivity contribution is 7.80. The van der Waals surface area contributed by atoms with Gasteiger partial charge in [0.05, 0.1) is 6.04 Å². The third kappa shape index (κ3) is 4.93. The molecule has 0 bridgehead atoms. The van der Waals surface area contributed by atoms with Gasteiger partial charge in [-0.3, -0.25) is 0 Å². The SMILES string of the molecule is Cc1ccccc1NC(=S)NC[C@@H](c1ccccc1Cl)N(C)C. The molecule has 0 radical (unpaired) electrons. The van der Waals surface area contributed by atoms with Gasteiger partial charge in [0.15, 0.2) is 5.11 Å². The van der Waals surface area contributed by atoms with Crippen molar-refractivity contribution in [2.45, 2.75) is 13.0 Å². The molecule has 122 valence electrons. The molecule has 0 amide bonds. The molecule has 0 aromatic heterocycles. The van der Waals surface area contributed by atoms with Gasteiger partial charge in [-0.15, -0.1) is 0 Å². The quantitative estimate of drug-likeness (QED) is 0.791. The lowest BCUT2D eigenvalue weighted by molar-refractivity contribution is 0.299. The van der Waals surface area contributed by atoms with Crippen molar-refractivity contribution in [1.29, 1.82) is 0 Å². The summed E-state index contributed by atoms with van der Waals surface area (Å²) in [7, 11) is 4.07. The fourth-order valence-electron chi connectivity index (χ4n) is 2.39. The van der Waals surface area contributed by atoms with E-state index in [0.29, 0.717) is 11.7 Å². The van der Waals surface area contributed by atoms with Gasteiger partial charge in [-0.05, 0) is 56.5 Å². The highest BCUT2D eigenvalue weighted by Gasteiger charge is 2.17. The highest BCUT2D eigenvalue weighted by atomic mass is 35.5. The van der Waals surface area contributed by atoms with E-state index in [9.17, 15) is 0 Å². The maximum Gasteiger partial charge on any atom is 0.170 e. The lowest BCUT2D eigenvalue weighted by atomic mass is 10.1. The van der Waals surface area contributed by atoms with Crippen molar-refractivity contribution in [3.05, 3.63) is 64.7 Å². The molecule has 2 rings (SSSR count). The van der Waals surface area contributed by atoms with E-state index in [2.05, 4.69) is 28.5 Å². The fourth-order valence-corrected chi connectivity index (χ4v) is 2.84. The Labute approximate surface area is 148 Å². The van der Waals surface area contributed by atoms with Crippen LogP contribution in [-0.4, -0.2) is 30.7 Å². The number of rotatable bonds is 5. The van der Waals surface area contributed by atoms with Crippen LogP contribution in [0.1, 0.15) is 17.2 Å². The molecular weight excluding hydrogens is 326 g/mol. The maximum atomic E-state index is 6.33. The zero-order chi connectivity index (χ0) is 16.8. The molecule has 0 saturated carbocycles. The molecule has 1 atom stereocenters. The normalized spacial score (nSPS) is 12.0. The molecule has 0 aliphatic carbocycles. The minimum atomic E-state index is 0.139. The predicted molar refractivity (Wildman–Crippen MR) is 103 cm³/mol. The number of thiocarbonyl (C=S) groups is 1. The first kappa shape index (κ1) is 17.7. The van der Waals surface area contributed by atoms with Crippen molar-refractivity contribution in [1.82, 2.24) is 10.2 Å². The smallest absolute Gasteiger partial charge is 0.170 e. The fraction of sp³-hybridized carbons (Fsp3) is 0.278. The van der Waals surface area contributed by atoms with E-state index in [1.165, 1.54) is 0 Å². The molecule has 2 aromatic carbocycles. The molecule has 2 aromatic rings. The largest absolute Gasteiger partial charge is 0.361 e. The van der Waals surface area contributed by atoms with Gasteiger partial charge in [0.25, 0.3) is 0 Å². The summed E-state index contributed by atoms with van der Waals surface area (Å²) >= 11 is 11.7. The molecule has 0 heterocycles. The average molecular weight is 348 g/mol. The summed E-state index contributed by atoms with van der Waals surface area (Å²) in [5.41, 5.74) is 3.27. The average Bonchev–Trinajstić information content (AvgIpc) is 2.51. The van der Waals surface area contributed by atoms with Gasteiger partial charge in [0, 0.05) is 17.3 Å². The maximum absolute atomic E-state index is 6.33. The van der Waals surface area contributed by atoms with Crippen LogP contribution in [-0.2, 0) is 0 Å². The first-order valence-corrected chi connectivity index (χ1v) is 8.29. The zero-order valence-corrected chi connectivity index (χ0v) is 15.2. The number of nitrogens with zero attached hydrogens (tertiary/aromatic N) is 1. The van der Waals surface area contributed by atoms with Crippen molar-refractivity contribution in [2.24, 2.45) is 0 Å². The third-order valence-electron chi connectivity index (χ3n) is 3.74. The zero-order valence-electron chi connectivity index (χ0n) is 13.6. The minimum absolute atomic E-state index is 0.139. The van der Waals surface area contributed by atoms with Crippen molar-refractivity contribution in [3.8, 4) is 0 Å². The van der Waals surface area contributed by atoms with Crippen molar-refractivity contribution < 1.29 is 0 Å². The number of anilines is 1. The molecule has 0 spiro atoms. The molecule has 0 unspecified atom stereocenters. The van der Waals surface area contributed by atoms with Gasteiger partial charge in [-0.1, -0.05) is 48.0 Å². The Morgan fingerprint density at radius 3 is 2.43 bits per heavy atom. The Morgan fingerprint density at radius 1 is 1.13 bits per heavy atom. The van der Waals surface area contributed by atoms with Gasteiger partial charge in [-0.25, -0.2) is 0 Å². The van der Waals surface area contributed by atoms with Gasteiger partial charge in [0.2, 0.25) is 0 Å². The summed E-state index contributed by atoms with van der Waals surface area (Å²) in [6.45, 7) is 2.73. The summed E-state index contributed by atoms with van der Waals surface area (Å²) in [6.07, 6.45) is 0. The van der Waals surface area contributed by atoms with Gasteiger partial charge in [0.1, 0.15) is 0 Å². The van der Waals surface area contributed by atoms with E-state index in [-0.39, 0.29) is 6.04 Å². The summed E-state index contributed by atoms with van der Waals surface area (Å²) in [6, 6.07) is 16.1. The standard InChI is InChI=1S/C18H22ClN3S/c1-13-8-4-7-11-16(13)21-18(23)20-12-17(22(2)3)14-9-5-6-10-15(14)19/h4-11,17H,12H2,1-3H3,(H2,20,21,23)/t17-/m0/s1. The van der Waals surface area contributed by atoms with Crippen LogP contribution in [0.2, 0.25) is 5.02 Å². The second kappa shape index (κ2) is 8.29. The first-order chi connectivity index (χ1) is 11.0. The number of para-hydroxylation sites is 1. The highest BCUT2D eigenvalue weighted by Crippen LogP contribution is 2.25. The van der Waals surface area contributed by atoms with Crippen LogP contribution in [0.3, 0.4) is 0 Å². The number of nitrogens with one attached hydrogen (secondary N) is 2. The number of benzene rings is 2. The Hall–Kier alpha value is -1.62. The molecule has 0 saturated heterocycles. The molecule has 23 heavy (non-hydrogen) atoms. The van der Waals surface area contributed by atoms with Crippen LogP contribution < -0.4 is 10.6 Å². The van der Waals surface area contributed by atoms with E-state index in [4.69, 9.17) is 23.8 Å². The van der Waals surface area contributed by atoms with Crippen molar-refractivity contribution >= 4 is 34.6 Å². The number of hydrogen-bond acceptors (Lipinski definition) is 2. The lowest BCUT2D eigenvalue weighted by Crippen LogP contribution is -2.37. The van der Waals surface area contributed by atoms with Crippen LogP contribution in [0, 0.1) is 6.92 Å². The van der Waals surface area contributed by atoms with Crippen LogP contribution in [0.15, 0.2) is 48.5 Å². The number of likely N-dealkylation sites (N-methyl/N-ethyl adjacent to an activating group) is 1. The number of aryl methyl sites for hydroxylation is 1. The second-order valence-electron chi connectivity index (χ2n) is 5.65. The van der Waals surface area contributed by atoms with E-state index >= 15 is 0 Å². The van der Waals surface area contributed by atoms with Gasteiger partial charge < -0.3 is 15.5 Å². The van der Waals surface area contributed by atoms with Crippen LogP contribution in [0.4, 0.5) is 5.69 Å². The second-order valence-corrected chi connectivity index (χ2v) is 6.47. The Balaban J connectivity index is 2.01. The molecule has 0 fully saturated rings. The summed E-state index contributed by atoms with van der Waals surface area (Å²) in [5, 5.41) is 7.90. The van der Waals surface area contributed by atoms with Crippen LogP contribution in [0.5, 0.6) is 0 Å². The van der Waals surface area contributed by atoms with Gasteiger partial charge in [-0.2, -0.15) is 0 Å². The molecule has 3 nitrogen and oxygen atoms in total. The van der Waals surface area contributed by atoms with Crippen molar-refractivity contribution in [3.63, 3.8) is 0 Å². The molecule has 0 aliphatic rings. The Morgan fingerprint density at radius 2 is 1.78 bits per heavy atom. The van der Waals surface area contributed by atoms with Crippen molar-refractivity contribution in [2.75, 3.05) is 26.0 Å². The number of hydrogen-bond donors (Lipinski definition) is 2. The lowest BCUT2D eigenvalue weighted by Gasteiger charge is -2.26. The topological polar surface area (TPSA) is 27.3 Å². The third-order valence-corrected chi connectivity index (χ3v) is 4.33. The van der Waals surface area contributed by atoms with Crippen LogP contribution in [0.25, 0.3) is 0 Å². The van der Waals surface area contributed by atoms with Crippen LogP contribution >= 0.6 is 23.8 Å². The van der Waals surface area contributed by atoms with E-state index < -0.39 is 0 Å². The summed E-state index contributed by atoms with van der Waals surface area (Å²) in [4.78, 5) is 2.13. The Bertz CT molecular complexity index is 673. The summed E-state index contributed by atoms with van der Waals surface area (Å²) in [5.74, 6) is 0. The summed E-state index contributed by atoms with van der Waals surface area (Å²) < 4.78 is 0. The molecule has 0 aliphatic heterocycles. The van der Waals surface area contributed by atoms with E-state index in [1.807, 2.05) is 56.6 Å². The molecule has 5 heteroatoms. The molecule has 2 N–H and O–H groups in total. The molecular formula is C18H22ClN3S. The first-order valence-electron chi connectivity index (χ1n) is 7.50. The predicted octanol–water partition coefficient (Wildman–Crippen LogP) is 4.24. The number of halogens is 1. The monoisotopic (exact) mass is 347 g/mol.